The van der Waals surface area contributed by atoms with Gasteiger partial charge in [0.1, 0.15) is 0 Å². The Balaban J connectivity index is 1.96. The highest BCUT2D eigenvalue weighted by Crippen LogP contribution is 2.07. The monoisotopic (exact) mass is 199 g/mol. The minimum Gasteiger partial charge on any atom is -0.380 e. The minimum atomic E-state index is 0.799. The van der Waals surface area contributed by atoms with E-state index in [-0.39, 0.29) is 0 Å². The molecule has 0 aliphatic heterocycles. The highest BCUT2D eigenvalue weighted by Gasteiger charge is 1.93. The van der Waals surface area contributed by atoms with Gasteiger partial charge in [0.2, 0.25) is 0 Å². The zero-order valence-electron chi connectivity index (χ0n) is 8.64. The Labute approximate surface area is 89.2 Å². The molecule has 0 aliphatic carbocycles. The van der Waals surface area contributed by atoms with Crippen molar-refractivity contribution in [2.24, 2.45) is 0 Å². The fourth-order valence-corrected chi connectivity index (χ4v) is 1.28. The molecule has 1 N–H and O–H groups in total. The first-order valence-electron chi connectivity index (χ1n) is 4.90. The van der Waals surface area contributed by atoms with Gasteiger partial charge in [-0.3, -0.25) is 9.97 Å². The fraction of sp³-hybridized carbons (Fsp3) is 0.167. The van der Waals surface area contributed by atoms with Crippen LogP contribution in [0.4, 0.5) is 5.69 Å². The Morgan fingerprint density at radius 3 is 2.60 bits per heavy atom. The molecule has 15 heavy (non-hydrogen) atoms. The van der Waals surface area contributed by atoms with E-state index in [9.17, 15) is 0 Å². The molecule has 0 saturated heterocycles. The van der Waals surface area contributed by atoms with Crippen molar-refractivity contribution in [1.82, 2.24) is 9.97 Å². The molecule has 3 heteroatoms. The van der Waals surface area contributed by atoms with E-state index in [2.05, 4.69) is 15.3 Å². The van der Waals surface area contributed by atoms with Crippen LogP contribution in [0, 0.1) is 6.92 Å². The van der Waals surface area contributed by atoms with E-state index in [1.54, 1.807) is 12.4 Å². The van der Waals surface area contributed by atoms with Crippen LogP contribution in [0.5, 0.6) is 0 Å². The van der Waals surface area contributed by atoms with Crippen molar-refractivity contribution in [2.45, 2.75) is 13.5 Å². The molecule has 0 saturated carbocycles. The van der Waals surface area contributed by atoms with Crippen molar-refractivity contribution in [2.75, 3.05) is 5.32 Å². The second-order valence-corrected chi connectivity index (χ2v) is 3.40. The first-order valence-corrected chi connectivity index (χ1v) is 4.90. The molecule has 0 bridgehead atoms. The van der Waals surface area contributed by atoms with Crippen LogP contribution in [0.3, 0.4) is 0 Å². The molecule has 2 aromatic heterocycles. The van der Waals surface area contributed by atoms with Gasteiger partial charge in [-0.05, 0) is 36.8 Å². The van der Waals surface area contributed by atoms with Crippen molar-refractivity contribution >= 4 is 5.69 Å². The molecule has 0 aliphatic rings. The van der Waals surface area contributed by atoms with Crippen molar-refractivity contribution in [3.05, 3.63) is 54.1 Å². The summed E-state index contributed by atoms with van der Waals surface area (Å²) in [5.74, 6) is 0. The van der Waals surface area contributed by atoms with Gasteiger partial charge in [0, 0.05) is 24.6 Å². The maximum absolute atomic E-state index is 4.22. The predicted molar refractivity (Wildman–Crippen MR) is 60.5 cm³/mol. The van der Waals surface area contributed by atoms with Gasteiger partial charge in [-0.2, -0.15) is 0 Å². The largest absolute Gasteiger partial charge is 0.380 e. The van der Waals surface area contributed by atoms with E-state index in [4.69, 9.17) is 0 Å². The molecule has 0 unspecified atom stereocenters. The van der Waals surface area contributed by atoms with Crippen molar-refractivity contribution < 1.29 is 0 Å². The van der Waals surface area contributed by atoms with Gasteiger partial charge in [-0.15, -0.1) is 0 Å². The van der Waals surface area contributed by atoms with Crippen LogP contribution in [0.2, 0.25) is 0 Å². The molecule has 3 nitrogen and oxygen atoms in total. The van der Waals surface area contributed by atoms with Crippen LogP contribution in [0.15, 0.2) is 42.9 Å². The van der Waals surface area contributed by atoms with Crippen LogP contribution in [-0.4, -0.2) is 9.97 Å². The van der Waals surface area contributed by atoms with Gasteiger partial charge in [0.05, 0.1) is 11.9 Å². The molecule has 0 atom stereocenters. The summed E-state index contributed by atoms with van der Waals surface area (Å²) < 4.78 is 0. The van der Waals surface area contributed by atoms with Crippen LogP contribution >= 0.6 is 0 Å². The van der Waals surface area contributed by atoms with E-state index in [1.807, 2.05) is 37.4 Å². The lowest BCUT2D eigenvalue weighted by Gasteiger charge is -2.05. The summed E-state index contributed by atoms with van der Waals surface area (Å²) >= 11 is 0. The fourth-order valence-electron chi connectivity index (χ4n) is 1.28. The average Bonchev–Trinajstić information content (AvgIpc) is 2.30. The first-order chi connectivity index (χ1) is 7.34. The Bertz CT molecular complexity index is 409. The number of aryl methyl sites for hydroxylation is 1. The van der Waals surface area contributed by atoms with E-state index in [0.717, 1.165) is 17.9 Å². The van der Waals surface area contributed by atoms with Gasteiger partial charge in [0.25, 0.3) is 0 Å². The van der Waals surface area contributed by atoms with Crippen LogP contribution < -0.4 is 5.32 Å². The van der Waals surface area contributed by atoms with Gasteiger partial charge in [-0.1, -0.05) is 0 Å². The number of nitrogens with zero attached hydrogens (tertiary/aromatic N) is 2. The minimum absolute atomic E-state index is 0.799. The number of nitrogens with one attached hydrogen (secondary N) is 1. The molecular formula is C12H13N3. The summed E-state index contributed by atoms with van der Waals surface area (Å²) in [7, 11) is 0. The first kappa shape index (κ1) is 9.65. The maximum Gasteiger partial charge on any atom is 0.0529 e. The molecule has 2 heterocycles. The normalized spacial score (nSPS) is 9.93. The summed E-state index contributed by atoms with van der Waals surface area (Å²) in [4.78, 5) is 8.19. The highest BCUT2D eigenvalue weighted by molar-refractivity contribution is 5.41. The maximum atomic E-state index is 4.22. The third-order valence-corrected chi connectivity index (χ3v) is 2.16. The van der Waals surface area contributed by atoms with Crippen LogP contribution in [-0.2, 0) is 6.54 Å². The second kappa shape index (κ2) is 4.55. The van der Waals surface area contributed by atoms with Gasteiger partial charge < -0.3 is 5.32 Å². The third-order valence-electron chi connectivity index (χ3n) is 2.16. The molecule has 0 radical (unpaired) electrons. The molecule has 0 amide bonds. The Morgan fingerprint density at radius 1 is 1.13 bits per heavy atom. The lowest BCUT2D eigenvalue weighted by molar-refractivity contribution is 1.11. The van der Waals surface area contributed by atoms with Crippen LogP contribution in [0.25, 0.3) is 0 Å². The number of aromatic nitrogens is 2. The van der Waals surface area contributed by atoms with E-state index in [1.165, 1.54) is 5.56 Å². The number of pyridine rings is 2. The summed E-state index contributed by atoms with van der Waals surface area (Å²) in [6.45, 7) is 2.78. The summed E-state index contributed by atoms with van der Waals surface area (Å²) in [6, 6.07) is 8.02. The molecule has 0 aromatic carbocycles. The lowest BCUT2D eigenvalue weighted by atomic mass is 10.2. The van der Waals surface area contributed by atoms with Crippen molar-refractivity contribution in [3.8, 4) is 0 Å². The van der Waals surface area contributed by atoms with Gasteiger partial charge in [0.15, 0.2) is 0 Å². The van der Waals surface area contributed by atoms with E-state index in [0.29, 0.717) is 0 Å². The highest BCUT2D eigenvalue weighted by atomic mass is 14.9. The number of hydrogen-bond donors (Lipinski definition) is 1. The smallest absolute Gasteiger partial charge is 0.0529 e. The zero-order chi connectivity index (χ0) is 10.5. The van der Waals surface area contributed by atoms with Crippen molar-refractivity contribution in [1.29, 1.82) is 0 Å². The Kier molecular flexibility index (Phi) is 2.93. The number of anilines is 1. The Morgan fingerprint density at radius 2 is 1.93 bits per heavy atom. The molecule has 0 spiro atoms. The molecule has 76 valence electrons. The van der Waals surface area contributed by atoms with Crippen molar-refractivity contribution in [3.63, 3.8) is 0 Å². The van der Waals surface area contributed by atoms with Gasteiger partial charge >= 0.3 is 0 Å². The van der Waals surface area contributed by atoms with E-state index >= 15 is 0 Å². The quantitative estimate of drug-likeness (QED) is 0.824. The molecular weight excluding hydrogens is 186 g/mol. The third kappa shape index (κ3) is 2.77. The van der Waals surface area contributed by atoms with Gasteiger partial charge in [-0.25, -0.2) is 0 Å². The SMILES string of the molecule is Cc1ccc(NCc2ccncc2)cn1. The summed E-state index contributed by atoms with van der Waals surface area (Å²) in [6.07, 6.45) is 5.44. The molecule has 0 fully saturated rings. The standard InChI is InChI=1S/C12H13N3/c1-10-2-3-12(9-14-10)15-8-11-4-6-13-7-5-11/h2-7,9,15H,8H2,1H3. The lowest BCUT2D eigenvalue weighted by Crippen LogP contribution is -1.99. The number of hydrogen-bond acceptors (Lipinski definition) is 3. The average molecular weight is 199 g/mol. The Hall–Kier alpha value is -1.90. The summed E-state index contributed by atoms with van der Waals surface area (Å²) in [5.41, 5.74) is 3.28. The summed E-state index contributed by atoms with van der Waals surface area (Å²) in [5, 5.41) is 3.30. The van der Waals surface area contributed by atoms with E-state index < -0.39 is 0 Å². The molecule has 2 rings (SSSR count). The molecule has 2 aromatic rings. The number of rotatable bonds is 3. The van der Waals surface area contributed by atoms with Crippen LogP contribution in [0.1, 0.15) is 11.3 Å². The topological polar surface area (TPSA) is 37.8 Å². The second-order valence-electron chi connectivity index (χ2n) is 3.40. The predicted octanol–water partition coefficient (Wildman–Crippen LogP) is 2.40. The zero-order valence-corrected chi connectivity index (χ0v) is 8.64.